The molecule has 8 nitrogen and oxygen atoms in total. The van der Waals surface area contributed by atoms with E-state index in [0.29, 0.717) is 23.3 Å². The van der Waals surface area contributed by atoms with Gasteiger partial charge in [-0.15, -0.1) is 0 Å². The third-order valence-electron chi connectivity index (χ3n) is 6.06. The lowest BCUT2D eigenvalue weighted by molar-refractivity contribution is 0.262. The van der Waals surface area contributed by atoms with E-state index in [1.165, 1.54) is 5.57 Å². The van der Waals surface area contributed by atoms with E-state index < -0.39 is 0 Å². The molecule has 1 fully saturated rings. The lowest BCUT2D eigenvalue weighted by atomic mass is 9.72. The van der Waals surface area contributed by atoms with Crippen molar-refractivity contribution < 1.29 is 9.47 Å². The highest BCUT2D eigenvalue weighted by molar-refractivity contribution is 5.91. The fourth-order valence-corrected chi connectivity index (χ4v) is 4.41. The van der Waals surface area contributed by atoms with Gasteiger partial charge in [-0.1, -0.05) is 12.2 Å². The van der Waals surface area contributed by atoms with Crippen molar-refractivity contribution in [1.82, 2.24) is 20.6 Å². The van der Waals surface area contributed by atoms with Gasteiger partial charge in [0, 0.05) is 43.2 Å². The molecule has 2 aromatic rings. The summed E-state index contributed by atoms with van der Waals surface area (Å²) in [6, 6.07) is 3.67. The van der Waals surface area contributed by atoms with Crippen LogP contribution in [0.1, 0.15) is 12.8 Å². The largest absolute Gasteiger partial charge is 0.493 e. The van der Waals surface area contributed by atoms with Crippen molar-refractivity contribution in [3.8, 4) is 11.5 Å². The summed E-state index contributed by atoms with van der Waals surface area (Å²) in [5.74, 6) is 2.27. The number of fused-ring (bicyclic) bond motifs is 1. The molecule has 1 aromatic carbocycles. The molecule has 4 rings (SSSR count). The van der Waals surface area contributed by atoms with Gasteiger partial charge in [0.2, 0.25) is 5.95 Å². The number of allylic oxidation sites excluding steroid dienone is 1. The summed E-state index contributed by atoms with van der Waals surface area (Å²) in [4.78, 5) is 11.5. The number of nitrogens with zero attached hydrogens (tertiary/aromatic N) is 3. The Balaban J connectivity index is 1.68. The number of hydrogen-bond donors (Lipinski definition) is 3. The average molecular weight is 411 g/mol. The molecule has 160 valence electrons. The van der Waals surface area contributed by atoms with Gasteiger partial charge < -0.3 is 30.7 Å². The molecule has 3 heterocycles. The first-order valence-electron chi connectivity index (χ1n) is 10.3. The zero-order valence-corrected chi connectivity index (χ0v) is 17.9. The summed E-state index contributed by atoms with van der Waals surface area (Å²) in [5.41, 5.74) is 8.41. The first kappa shape index (κ1) is 20.3. The summed E-state index contributed by atoms with van der Waals surface area (Å²) < 4.78 is 10.8. The van der Waals surface area contributed by atoms with E-state index >= 15 is 0 Å². The van der Waals surface area contributed by atoms with E-state index in [1.54, 1.807) is 14.2 Å². The van der Waals surface area contributed by atoms with Crippen molar-refractivity contribution >= 4 is 22.7 Å². The molecule has 2 aliphatic heterocycles. The Morgan fingerprint density at radius 3 is 2.53 bits per heavy atom. The maximum absolute atomic E-state index is 6.30. The number of hydrogen-bond acceptors (Lipinski definition) is 8. The molecule has 0 unspecified atom stereocenters. The molecule has 0 saturated carbocycles. The van der Waals surface area contributed by atoms with Crippen molar-refractivity contribution in [2.75, 3.05) is 58.1 Å². The predicted octanol–water partition coefficient (Wildman–Crippen LogP) is 2.08. The molecule has 0 amide bonds. The second-order valence-electron chi connectivity index (χ2n) is 7.93. The third kappa shape index (κ3) is 3.75. The molecule has 30 heavy (non-hydrogen) atoms. The van der Waals surface area contributed by atoms with Crippen LogP contribution in [0.5, 0.6) is 11.5 Å². The summed E-state index contributed by atoms with van der Waals surface area (Å²) in [6.45, 7) is 3.68. The van der Waals surface area contributed by atoms with Crippen LogP contribution < -0.4 is 30.7 Å². The standard InChI is InChI=1S/C22H30N6O2/c1-28(14-22(6-9-24-10-7-22)15-5-4-8-25-13-15)21-26-17-12-19(30-3)18(29-2)11-16(17)20(23)27-21/h4-5,11-13,24-25H,6-10,14H2,1-3H3,(H2,23,26,27). The number of anilines is 2. The Morgan fingerprint density at radius 2 is 1.87 bits per heavy atom. The van der Waals surface area contributed by atoms with E-state index in [9.17, 15) is 0 Å². The second-order valence-corrected chi connectivity index (χ2v) is 7.93. The van der Waals surface area contributed by atoms with Gasteiger partial charge in [0.15, 0.2) is 11.5 Å². The monoisotopic (exact) mass is 410 g/mol. The molecule has 0 aliphatic carbocycles. The first-order valence-corrected chi connectivity index (χ1v) is 10.3. The van der Waals surface area contributed by atoms with Crippen LogP contribution in [0.2, 0.25) is 0 Å². The number of nitrogens with one attached hydrogen (secondary N) is 2. The summed E-state index contributed by atoms with van der Waals surface area (Å²) in [7, 11) is 5.25. The van der Waals surface area contributed by atoms with E-state index in [4.69, 9.17) is 20.2 Å². The van der Waals surface area contributed by atoms with Crippen LogP contribution in [-0.4, -0.2) is 57.4 Å². The topological polar surface area (TPSA) is 97.6 Å². The molecule has 0 spiro atoms. The highest BCUT2D eigenvalue weighted by Gasteiger charge is 2.37. The van der Waals surface area contributed by atoms with Gasteiger partial charge in [0.1, 0.15) is 5.82 Å². The Bertz CT molecular complexity index is 981. The van der Waals surface area contributed by atoms with Crippen LogP contribution in [0.15, 0.2) is 36.1 Å². The third-order valence-corrected chi connectivity index (χ3v) is 6.06. The van der Waals surface area contributed by atoms with Crippen molar-refractivity contribution in [2.24, 2.45) is 5.41 Å². The lowest BCUT2D eigenvalue weighted by Gasteiger charge is -2.42. The number of aromatic nitrogens is 2. The fourth-order valence-electron chi connectivity index (χ4n) is 4.41. The minimum Gasteiger partial charge on any atom is -0.493 e. The van der Waals surface area contributed by atoms with Gasteiger partial charge >= 0.3 is 0 Å². The number of benzene rings is 1. The highest BCUT2D eigenvalue weighted by atomic mass is 16.5. The molecule has 0 radical (unpaired) electrons. The highest BCUT2D eigenvalue weighted by Crippen LogP contribution is 2.40. The van der Waals surface area contributed by atoms with E-state index in [0.717, 1.165) is 49.9 Å². The van der Waals surface area contributed by atoms with Crippen LogP contribution in [0.4, 0.5) is 11.8 Å². The number of ether oxygens (including phenoxy) is 2. The van der Waals surface area contributed by atoms with Crippen LogP contribution in [0.3, 0.4) is 0 Å². The maximum Gasteiger partial charge on any atom is 0.227 e. The van der Waals surface area contributed by atoms with Crippen molar-refractivity contribution in [1.29, 1.82) is 0 Å². The number of methoxy groups -OCH3 is 2. The molecule has 1 aromatic heterocycles. The van der Waals surface area contributed by atoms with Crippen LogP contribution >= 0.6 is 0 Å². The molecule has 1 saturated heterocycles. The second kappa shape index (κ2) is 8.39. The Hall–Kier alpha value is -3.00. The number of rotatable bonds is 6. The van der Waals surface area contributed by atoms with Crippen molar-refractivity contribution in [3.05, 3.63) is 36.1 Å². The molecular weight excluding hydrogens is 380 g/mol. The zero-order chi connectivity index (χ0) is 21.1. The Morgan fingerprint density at radius 1 is 1.13 bits per heavy atom. The van der Waals surface area contributed by atoms with Crippen LogP contribution in [0.25, 0.3) is 10.9 Å². The van der Waals surface area contributed by atoms with Crippen molar-refractivity contribution in [2.45, 2.75) is 12.8 Å². The maximum atomic E-state index is 6.30. The summed E-state index contributed by atoms with van der Waals surface area (Å²) in [5, 5.41) is 7.60. The minimum absolute atomic E-state index is 0.0363. The van der Waals surface area contributed by atoms with Crippen LogP contribution in [-0.2, 0) is 0 Å². The molecule has 2 aliphatic rings. The van der Waals surface area contributed by atoms with Gasteiger partial charge in [0.05, 0.1) is 19.7 Å². The van der Waals surface area contributed by atoms with E-state index in [2.05, 4.69) is 38.9 Å². The smallest absolute Gasteiger partial charge is 0.227 e. The molecular formula is C22H30N6O2. The van der Waals surface area contributed by atoms with Crippen LogP contribution in [0, 0.1) is 5.41 Å². The lowest BCUT2D eigenvalue weighted by Crippen LogP contribution is -2.45. The first-order chi connectivity index (χ1) is 14.6. The number of piperidine rings is 1. The normalized spacial score (nSPS) is 17.9. The van der Waals surface area contributed by atoms with E-state index in [1.807, 2.05) is 19.2 Å². The quantitative estimate of drug-likeness (QED) is 0.666. The van der Waals surface area contributed by atoms with Gasteiger partial charge in [0.25, 0.3) is 0 Å². The molecule has 0 bridgehead atoms. The minimum atomic E-state index is 0.0363. The molecule has 0 atom stereocenters. The van der Waals surface area contributed by atoms with Gasteiger partial charge in [-0.2, -0.15) is 4.98 Å². The Labute approximate surface area is 177 Å². The predicted molar refractivity (Wildman–Crippen MR) is 120 cm³/mol. The Kier molecular flexibility index (Phi) is 5.67. The number of dihydropyridines is 1. The SMILES string of the molecule is COc1cc2nc(N(C)CC3(C4=CNCC=C4)CCNCC3)nc(N)c2cc1OC. The van der Waals surface area contributed by atoms with Gasteiger partial charge in [-0.3, -0.25) is 0 Å². The summed E-state index contributed by atoms with van der Waals surface area (Å²) >= 11 is 0. The number of nitrogens with two attached hydrogens (primary N) is 1. The fraction of sp³-hybridized carbons (Fsp3) is 0.455. The average Bonchev–Trinajstić information content (AvgIpc) is 2.79. The van der Waals surface area contributed by atoms with E-state index in [-0.39, 0.29) is 5.41 Å². The number of nitrogen functional groups attached to an aromatic ring is 1. The summed E-state index contributed by atoms with van der Waals surface area (Å²) in [6.07, 6.45) is 8.71. The molecule has 4 N–H and O–H groups in total. The van der Waals surface area contributed by atoms with Gasteiger partial charge in [-0.05, 0) is 37.6 Å². The molecule has 8 heteroatoms. The van der Waals surface area contributed by atoms with Crippen molar-refractivity contribution in [3.63, 3.8) is 0 Å². The van der Waals surface area contributed by atoms with Gasteiger partial charge in [-0.25, -0.2) is 4.98 Å². The zero-order valence-electron chi connectivity index (χ0n) is 17.9.